The van der Waals surface area contributed by atoms with Crippen LogP contribution in [0.15, 0.2) is 30.5 Å². The molecule has 6 nitrogen and oxygen atoms in total. The molecule has 1 aromatic heterocycles. The van der Waals surface area contributed by atoms with Crippen LogP contribution in [-0.2, 0) is 6.54 Å². The smallest absolute Gasteiger partial charge is 0.160 e. The molecule has 0 fully saturated rings. The zero-order chi connectivity index (χ0) is 13.7. The summed E-state index contributed by atoms with van der Waals surface area (Å²) in [6.07, 6.45) is 1.54. The number of aromatic nitrogens is 3. The Balaban J connectivity index is 2.16. The maximum absolute atomic E-state index is 13.5. The molecule has 2 aromatic rings. The maximum atomic E-state index is 13.5. The maximum Gasteiger partial charge on any atom is 0.160 e. The van der Waals surface area contributed by atoms with E-state index in [0.717, 1.165) is 0 Å². The third-order valence-corrected chi connectivity index (χ3v) is 2.48. The number of benzene rings is 1. The number of nitrogens with one attached hydrogen (secondary N) is 1. The number of para-hydroxylation sites is 1. The van der Waals surface area contributed by atoms with Crippen molar-refractivity contribution in [2.75, 3.05) is 11.9 Å². The Morgan fingerprint density at radius 2 is 2.26 bits per heavy atom. The third kappa shape index (κ3) is 3.05. The van der Waals surface area contributed by atoms with Gasteiger partial charge in [0.2, 0.25) is 0 Å². The molecule has 0 aliphatic carbocycles. The summed E-state index contributed by atoms with van der Waals surface area (Å²) < 4.78 is 14.9. The third-order valence-electron chi connectivity index (χ3n) is 2.48. The number of nitriles is 1. The van der Waals surface area contributed by atoms with Crippen LogP contribution in [0.2, 0.25) is 0 Å². The van der Waals surface area contributed by atoms with Crippen molar-refractivity contribution in [3.05, 3.63) is 42.0 Å². The molecule has 1 aromatic carbocycles. The van der Waals surface area contributed by atoms with Gasteiger partial charge in [-0.15, -0.1) is 5.10 Å². The van der Waals surface area contributed by atoms with Crippen molar-refractivity contribution in [2.24, 2.45) is 0 Å². The molecule has 0 saturated heterocycles. The highest BCUT2D eigenvalue weighted by Gasteiger charge is 2.16. The van der Waals surface area contributed by atoms with Gasteiger partial charge >= 0.3 is 0 Å². The lowest BCUT2D eigenvalue weighted by Gasteiger charge is -2.10. The molecule has 0 aliphatic heterocycles. The Hall–Kier alpha value is -2.46. The zero-order valence-corrected chi connectivity index (χ0v) is 9.99. The predicted molar refractivity (Wildman–Crippen MR) is 65.5 cm³/mol. The lowest BCUT2D eigenvalue weighted by Crippen LogP contribution is -2.10. The highest BCUT2D eigenvalue weighted by molar-refractivity contribution is 5.47. The summed E-state index contributed by atoms with van der Waals surface area (Å²) in [5, 5.41) is 28.2. The number of aliphatic hydroxyl groups is 1. The average molecular weight is 261 g/mol. The monoisotopic (exact) mass is 261 g/mol. The van der Waals surface area contributed by atoms with Crippen molar-refractivity contribution in [1.29, 1.82) is 5.26 Å². The van der Waals surface area contributed by atoms with Gasteiger partial charge in [-0.1, -0.05) is 17.3 Å². The average Bonchev–Trinajstić information content (AvgIpc) is 2.87. The minimum Gasteiger partial charge on any atom is -0.394 e. The summed E-state index contributed by atoms with van der Waals surface area (Å²) in [5.74, 6) is -0.439. The Morgan fingerprint density at radius 3 is 2.95 bits per heavy atom. The number of anilines is 1. The van der Waals surface area contributed by atoms with Gasteiger partial charge in [0.1, 0.15) is 11.5 Å². The number of hydrogen-bond donors (Lipinski definition) is 2. The normalized spacial score (nSPS) is 11.8. The summed E-state index contributed by atoms with van der Waals surface area (Å²) >= 11 is 0. The Morgan fingerprint density at radius 1 is 1.47 bits per heavy atom. The van der Waals surface area contributed by atoms with Gasteiger partial charge in [0.25, 0.3) is 0 Å². The molecule has 0 spiro atoms. The molecule has 0 amide bonds. The molecule has 19 heavy (non-hydrogen) atoms. The Bertz CT molecular complexity index is 592. The molecule has 1 heterocycles. The highest BCUT2D eigenvalue weighted by atomic mass is 19.1. The van der Waals surface area contributed by atoms with Crippen molar-refractivity contribution in [3.8, 4) is 6.07 Å². The zero-order valence-electron chi connectivity index (χ0n) is 9.99. The molecular formula is C12H12FN5O. The SMILES string of the molecule is N#CC(Nc1ccccc1F)c1cn(CCO)nn1. The van der Waals surface area contributed by atoms with Gasteiger partial charge in [0.15, 0.2) is 6.04 Å². The fourth-order valence-electron chi connectivity index (χ4n) is 1.56. The van der Waals surface area contributed by atoms with Crippen molar-refractivity contribution >= 4 is 5.69 Å². The summed E-state index contributed by atoms with van der Waals surface area (Å²) in [6.45, 7) is 0.228. The molecule has 2 rings (SSSR count). The van der Waals surface area contributed by atoms with Crippen LogP contribution < -0.4 is 5.32 Å². The summed E-state index contributed by atoms with van der Waals surface area (Å²) in [5.41, 5.74) is 0.602. The first kappa shape index (κ1) is 13.0. The lowest BCUT2D eigenvalue weighted by molar-refractivity contribution is 0.268. The Labute approximate surface area is 109 Å². The van der Waals surface area contributed by atoms with Crippen molar-refractivity contribution in [2.45, 2.75) is 12.6 Å². The van der Waals surface area contributed by atoms with E-state index in [1.165, 1.54) is 23.0 Å². The molecule has 1 unspecified atom stereocenters. The number of aliphatic hydroxyl groups excluding tert-OH is 1. The van der Waals surface area contributed by atoms with Crippen LogP contribution in [0.25, 0.3) is 0 Å². The largest absolute Gasteiger partial charge is 0.394 e. The van der Waals surface area contributed by atoms with E-state index >= 15 is 0 Å². The summed E-state index contributed by atoms with van der Waals surface area (Å²) in [7, 11) is 0. The van der Waals surface area contributed by atoms with E-state index in [9.17, 15) is 4.39 Å². The van der Waals surface area contributed by atoms with Crippen molar-refractivity contribution < 1.29 is 9.50 Å². The quantitative estimate of drug-likeness (QED) is 0.841. The lowest BCUT2D eigenvalue weighted by atomic mass is 10.2. The van der Waals surface area contributed by atoms with Crippen LogP contribution in [0.3, 0.4) is 0 Å². The molecule has 98 valence electrons. The van der Waals surface area contributed by atoms with E-state index in [0.29, 0.717) is 12.2 Å². The van der Waals surface area contributed by atoms with Crippen LogP contribution in [0, 0.1) is 17.1 Å². The second-order valence-electron chi connectivity index (χ2n) is 3.82. The second kappa shape index (κ2) is 5.93. The van der Waals surface area contributed by atoms with Crippen molar-refractivity contribution in [3.63, 3.8) is 0 Å². The minimum atomic E-state index is -0.802. The first-order chi connectivity index (χ1) is 9.24. The van der Waals surface area contributed by atoms with Crippen LogP contribution in [0.5, 0.6) is 0 Å². The van der Waals surface area contributed by atoms with Gasteiger partial charge in [-0.2, -0.15) is 5.26 Å². The first-order valence-corrected chi connectivity index (χ1v) is 5.66. The van der Waals surface area contributed by atoms with Gasteiger partial charge in [-0.25, -0.2) is 9.07 Å². The van der Waals surface area contributed by atoms with Gasteiger partial charge in [-0.05, 0) is 12.1 Å². The number of nitrogens with zero attached hydrogens (tertiary/aromatic N) is 4. The Kier molecular flexibility index (Phi) is 4.05. The van der Waals surface area contributed by atoms with E-state index in [1.54, 1.807) is 12.1 Å². The summed E-state index contributed by atoms with van der Waals surface area (Å²) in [4.78, 5) is 0. The van der Waals surface area contributed by atoms with E-state index in [4.69, 9.17) is 10.4 Å². The van der Waals surface area contributed by atoms with Crippen LogP contribution in [-0.4, -0.2) is 26.7 Å². The topological polar surface area (TPSA) is 86.8 Å². The highest BCUT2D eigenvalue weighted by Crippen LogP contribution is 2.19. The van der Waals surface area contributed by atoms with Crippen molar-refractivity contribution in [1.82, 2.24) is 15.0 Å². The van der Waals surface area contributed by atoms with Crippen LogP contribution in [0.1, 0.15) is 11.7 Å². The molecule has 0 saturated carbocycles. The molecular weight excluding hydrogens is 249 g/mol. The van der Waals surface area contributed by atoms with E-state index in [-0.39, 0.29) is 12.3 Å². The van der Waals surface area contributed by atoms with Gasteiger partial charge in [0, 0.05) is 0 Å². The summed E-state index contributed by atoms with van der Waals surface area (Å²) in [6, 6.07) is 7.27. The first-order valence-electron chi connectivity index (χ1n) is 5.66. The van der Waals surface area contributed by atoms with Gasteiger partial charge in [-0.3, -0.25) is 0 Å². The molecule has 2 N–H and O–H groups in total. The second-order valence-corrected chi connectivity index (χ2v) is 3.82. The van der Waals surface area contributed by atoms with E-state index in [1.807, 2.05) is 6.07 Å². The number of hydrogen-bond acceptors (Lipinski definition) is 5. The standard InChI is InChI=1S/C12H12FN5O/c13-9-3-1-2-4-10(9)15-11(7-14)12-8-18(5-6-19)17-16-12/h1-4,8,11,15,19H,5-6H2. The van der Waals surface area contributed by atoms with E-state index < -0.39 is 11.9 Å². The molecule has 0 aliphatic rings. The van der Waals surface area contributed by atoms with Gasteiger partial charge in [0.05, 0.1) is 31.1 Å². The molecule has 0 radical (unpaired) electrons. The fraction of sp³-hybridized carbons (Fsp3) is 0.250. The van der Waals surface area contributed by atoms with Crippen LogP contribution in [0.4, 0.5) is 10.1 Å². The number of rotatable bonds is 5. The van der Waals surface area contributed by atoms with E-state index in [2.05, 4.69) is 15.6 Å². The van der Waals surface area contributed by atoms with Gasteiger partial charge < -0.3 is 10.4 Å². The fourth-order valence-corrected chi connectivity index (χ4v) is 1.56. The number of halogens is 1. The molecule has 1 atom stereocenters. The predicted octanol–water partition coefficient (Wildman–Crippen LogP) is 1.09. The van der Waals surface area contributed by atoms with Crippen LogP contribution >= 0.6 is 0 Å². The minimum absolute atomic E-state index is 0.0687. The molecule has 0 bridgehead atoms. The molecule has 7 heteroatoms.